The highest BCUT2D eigenvalue weighted by atomic mass is 16.4. The molecule has 9 atom stereocenters. The van der Waals surface area contributed by atoms with Crippen molar-refractivity contribution in [1.29, 1.82) is 0 Å². The molecule has 12 N–H and O–H groups in total. The van der Waals surface area contributed by atoms with E-state index in [1.54, 1.807) is 27.7 Å². The number of amides is 6. The van der Waals surface area contributed by atoms with Crippen molar-refractivity contribution >= 4 is 64.7 Å². The molecule has 0 bridgehead atoms. The Hall–Kier alpha value is -5.79. The summed E-state index contributed by atoms with van der Waals surface area (Å²) in [7, 11) is 1.21. The molecule has 0 unspecified atom stereocenters. The summed E-state index contributed by atoms with van der Waals surface area (Å²) in [6.45, 7) is 9.43. The fraction of sp³-hybridized carbons (Fsp3) is 0.764. The topological polar surface area (TPSA) is 372 Å². The molecular formula is C55H93N7O15. The largest absolute Gasteiger partial charge is 0.481 e. The van der Waals surface area contributed by atoms with Crippen molar-refractivity contribution in [2.24, 2.45) is 41.1 Å². The van der Waals surface area contributed by atoms with Crippen LogP contribution in [0.25, 0.3) is 0 Å². The molecule has 0 radical (unpaired) electrons. The lowest BCUT2D eigenvalue weighted by Crippen LogP contribution is -2.58. The van der Waals surface area contributed by atoms with Crippen LogP contribution in [0.2, 0.25) is 0 Å². The zero-order valence-electron chi connectivity index (χ0n) is 46.8. The predicted octanol–water partition coefficient (Wildman–Crippen LogP) is 2.84. The number of likely N-dealkylation sites (N-methyl/N-ethyl adjacent to an activating group) is 1. The van der Waals surface area contributed by atoms with Crippen molar-refractivity contribution in [3.8, 4) is 12.3 Å². The first-order chi connectivity index (χ1) is 36.3. The summed E-state index contributed by atoms with van der Waals surface area (Å²) in [5, 5.41) is 49.9. The lowest BCUT2D eigenvalue weighted by atomic mass is 9.89. The highest BCUT2D eigenvalue weighted by Crippen LogP contribution is 2.22. The molecule has 0 aliphatic rings. The monoisotopic (exact) mass is 1090 g/mol. The van der Waals surface area contributed by atoms with Crippen LogP contribution in [0.3, 0.4) is 0 Å². The molecule has 0 spiro atoms. The Morgan fingerprint density at radius 1 is 0.519 bits per heavy atom. The Morgan fingerprint density at radius 3 is 1.38 bits per heavy atom. The number of aliphatic hydroxyl groups is 2. The maximum Gasteiger partial charge on any atom is 0.305 e. The lowest BCUT2D eigenvalue weighted by Gasteiger charge is -2.33. The quantitative estimate of drug-likeness (QED) is 0.0310. The number of nitrogens with two attached hydrogens (primary N) is 2. The van der Waals surface area contributed by atoms with Crippen molar-refractivity contribution < 1.29 is 73.2 Å². The molecule has 6 amide bonds. The van der Waals surface area contributed by atoms with Gasteiger partial charge < -0.3 is 58.1 Å². The number of carbonyl (C=O) groups excluding carboxylic acids is 9. The Morgan fingerprint density at radius 2 is 0.922 bits per heavy atom. The van der Waals surface area contributed by atoms with E-state index >= 15 is 0 Å². The molecule has 0 rings (SSSR count). The number of rotatable bonds is 45. The van der Waals surface area contributed by atoms with Crippen LogP contribution >= 0.6 is 0 Å². The number of aliphatic hydroxyl groups excluding tert-OH is 2. The van der Waals surface area contributed by atoms with E-state index in [1.165, 1.54) is 7.05 Å². The summed E-state index contributed by atoms with van der Waals surface area (Å²) in [4.78, 5) is 147. The highest BCUT2D eigenvalue weighted by Gasteiger charge is 2.38. The molecule has 438 valence electrons. The van der Waals surface area contributed by atoms with Crippen LogP contribution in [0.1, 0.15) is 183 Å². The Bertz CT molecular complexity index is 1960. The zero-order chi connectivity index (χ0) is 58.8. The molecule has 0 saturated heterocycles. The average Bonchev–Trinajstić information content (AvgIpc) is 3.35. The second kappa shape index (κ2) is 39.6. The minimum atomic E-state index is -1.76. The second-order valence-electron chi connectivity index (χ2n) is 21.2. The first kappa shape index (κ1) is 71.2. The third-order valence-electron chi connectivity index (χ3n) is 13.4. The van der Waals surface area contributed by atoms with E-state index in [0.717, 1.165) is 62.7 Å². The molecular weight excluding hydrogens is 999 g/mol. The average molecular weight is 1090 g/mol. The molecule has 0 aliphatic heterocycles. The standard InChI is InChI=1S/C55H93N7O15/c1-9-12-14-16-18-20-23-37(51(73)58-40(30-48(68)69)45(65)27-36(22-11-3)50(57)72)28-46(66)41(31-49(70)71)59-54(76)44(26-35(6)7)62(8)55(77)43(33-64)61-52(74)38(25-34(4)5)29-47(67)42(32-63)60-53(75)39(56)24-21-19-17-15-13-10-2/h3,34-44,63-64H,9-10,12-33,56H2,1-2,4-8H3,(H2,57,72)(H,58,73)(H,59,76)(H,60,75)(H,61,74)(H,68,69)(H,70,71)/t36-,37-,38-,39+,40+,41+,42+,43+,44+/m1/s1. The van der Waals surface area contributed by atoms with Gasteiger partial charge in [0, 0.05) is 44.6 Å². The van der Waals surface area contributed by atoms with Gasteiger partial charge in [0.2, 0.25) is 35.4 Å². The summed E-state index contributed by atoms with van der Waals surface area (Å²) in [5.41, 5.74) is 11.5. The number of Topliss-reactive ketones (excluding diaryl/α,β-unsaturated/α-hetero) is 3. The molecule has 0 aromatic heterocycles. The number of unbranched alkanes of at least 4 members (excludes halogenated alkanes) is 10. The van der Waals surface area contributed by atoms with Crippen molar-refractivity contribution in [3.05, 3.63) is 0 Å². The lowest BCUT2D eigenvalue weighted by molar-refractivity contribution is -0.145. The molecule has 0 heterocycles. The van der Waals surface area contributed by atoms with E-state index < -0.39 is 164 Å². The van der Waals surface area contributed by atoms with Crippen molar-refractivity contribution in [1.82, 2.24) is 26.2 Å². The summed E-state index contributed by atoms with van der Waals surface area (Å²) >= 11 is 0. The number of nitrogens with one attached hydrogen (secondary N) is 4. The van der Waals surface area contributed by atoms with Gasteiger partial charge in [0.15, 0.2) is 17.3 Å². The van der Waals surface area contributed by atoms with Gasteiger partial charge in [-0.05, 0) is 37.5 Å². The number of hydrogen-bond donors (Lipinski definition) is 10. The number of terminal acetylenes is 1. The minimum absolute atomic E-state index is 0.0483. The normalized spacial score (nSPS) is 14.8. The van der Waals surface area contributed by atoms with E-state index in [2.05, 4.69) is 34.1 Å². The fourth-order valence-corrected chi connectivity index (χ4v) is 8.86. The van der Waals surface area contributed by atoms with Gasteiger partial charge in [0.05, 0.1) is 50.1 Å². The number of ketones is 3. The number of carboxylic acids is 2. The maximum absolute atomic E-state index is 14.2. The molecule has 0 aliphatic carbocycles. The SMILES string of the molecule is C#CC[C@H](CC(=O)[C@H](CC(=O)O)NC(=O)[C@H](CCCCCCCC)CC(=O)[C@H](CC(=O)O)NC(=O)[C@H](CC(C)C)N(C)C(=O)[C@H](CO)NC(=O)[C@@H](CC(=O)[C@H](CO)NC(=O)[C@@H](N)CCCCCCCC)CC(C)C)C(N)=O. The van der Waals surface area contributed by atoms with Crippen molar-refractivity contribution in [2.75, 3.05) is 20.3 Å². The number of primary amides is 1. The van der Waals surface area contributed by atoms with Gasteiger partial charge in [0.25, 0.3) is 0 Å². The highest BCUT2D eigenvalue weighted by molar-refractivity contribution is 5.99. The van der Waals surface area contributed by atoms with E-state index in [1.807, 2.05) is 6.92 Å². The fourth-order valence-electron chi connectivity index (χ4n) is 8.86. The van der Waals surface area contributed by atoms with Gasteiger partial charge in [-0.1, -0.05) is 119 Å². The van der Waals surface area contributed by atoms with E-state index in [4.69, 9.17) is 17.9 Å². The third-order valence-corrected chi connectivity index (χ3v) is 13.4. The van der Waals surface area contributed by atoms with Gasteiger partial charge in [-0.2, -0.15) is 0 Å². The summed E-state index contributed by atoms with van der Waals surface area (Å²) in [5.74, 6) is -12.3. The van der Waals surface area contributed by atoms with Gasteiger partial charge in [0.1, 0.15) is 18.1 Å². The Balaban J connectivity index is 6.58. The molecule has 0 fully saturated rings. The number of carbonyl (C=O) groups is 11. The smallest absolute Gasteiger partial charge is 0.305 e. The first-order valence-electron chi connectivity index (χ1n) is 27.5. The Kier molecular flexibility index (Phi) is 36.6. The molecule has 0 aromatic rings. The summed E-state index contributed by atoms with van der Waals surface area (Å²) in [6, 6.07) is -8.81. The van der Waals surface area contributed by atoms with Gasteiger partial charge in [-0.25, -0.2) is 0 Å². The van der Waals surface area contributed by atoms with Crippen LogP contribution in [-0.2, 0) is 52.7 Å². The predicted molar refractivity (Wildman–Crippen MR) is 288 cm³/mol. The summed E-state index contributed by atoms with van der Waals surface area (Å²) in [6.07, 6.45) is 12.6. The molecule has 22 heteroatoms. The van der Waals surface area contributed by atoms with Crippen molar-refractivity contribution in [2.45, 2.75) is 219 Å². The zero-order valence-corrected chi connectivity index (χ0v) is 46.8. The van der Waals surface area contributed by atoms with Crippen molar-refractivity contribution in [3.63, 3.8) is 0 Å². The number of hydrogen-bond acceptors (Lipinski definition) is 14. The van der Waals surface area contributed by atoms with Crippen LogP contribution < -0.4 is 32.7 Å². The third kappa shape index (κ3) is 29.5. The van der Waals surface area contributed by atoms with Crippen LogP contribution in [0, 0.1) is 41.9 Å². The minimum Gasteiger partial charge on any atom is -0.481 e. The first-order valence-corrected chi connectivity index (χ1v) is 27.5. The number of aliphatic carboxylic acids is 2. The molecule has 0 saturated carbocycles. The van der Waals surface area contributed by atoms with Gasteiger partial charge in [-0.3, -0.25) is 52.7 Å². The van der Waals surface area contributed by atoms with Crippen LogP contribution in [0.15, 0.2) is 0 Å². The number of nitrogens with zero attached hydrogens (tertiary/aromatic N) is 1. The maximum atomic E-state index is 14.2. The second-order valence-corrected chi connectivity index (χ2v) is 21.2. The summed E-state index contributed by atoms with van der Waals surface area (Å²) < 4.78 is 0. The van der Waals surface area contributed by atoms with Crippen LogP contribution in [0.4, 0.5) is 0 Å². The van der Waals surface area contributed by atoms with Gasteiger partial charge >= 0.3 is 11.9 Å². The van der Waals surface area contributed by atoms with Crippen LogP contribution in [0.5, 0.6) is 0 Å². The molecule has 77 heavy (non-hydrogen) atoms. The van der Waals surface area contributed by atoms with E-state index in [9.17, 15) is 73.2 Å². The number of carboxylic acid groups (broad SMARTS) is 2. The molecule has 22 nitrogen and oxygen atoms in total. The Labute approximate surface area is 455 Å². The van der Waals surface area contributed by atoms with E-state index in [0.29, 0.717) is 25.7 Å². The molecule has 0 aromatic carbocycles. The van der Waals surface area contributed by atoms with E-state index in [-0.39, 0.29) is 37.5 Å². The van der Waals surface area contributed by atoms with Crippen LogP contribution in [-0.4, -0.2) is 147 Å². The van der Waals surface area contributed by atoms with Gasteiger partial charge in [-0.15, -0.1) is 12.3 Å².